The molecule has 0 saturated heterocycles. The zero-order valence-corrected chi connectivity index (χ0v) is 6.24. The summed E-state index contributed by atoms with van der Waals surface area (Å²) in [6.07, 6.45) is -1.81. The second kappa shape index (κ2) is 2.98. The zero-order valence-electron chi connectivity index (χ0n) is 3.71. The molecule has 4 heteroatoms. The first-order chi connectivity index (χ1) is 2.00. The van der Waals surface area contributed by atoms with Crippen molar-refractivity contribution in [1.82, 2.24) is 0 Å². The molecule has 40 valence electrons. The lowest BCUT2D eigenvalue weighted by Gasteiger charge is -1.91. The topological polar surface area (TPSA) is 20.2 Å². The van der Waals surface area contributed by atoms with Crippen LogP contribution in [-0.2, 0) is 11.8 Å². The van der Waals surface area contributed by atoms with Gasteiger partial charge in [0.2, 0.25) is 0 Å². The van der Waals surface area contributed by atoms with Gasteiger partial charge in [-0.3, -0.25) is 0 Å². The second-order valence-electron chi connectivity index (χ2n) is 1.29. The van der Waals surface area contributed by atoms with E-state index in [1.54, 1.807) is 13.3 Å². The van der Waals surface area contributed by atoms with Crippen LogP contribution in [0.3, 0.4) is 0 Å². The number of halogens is 1. The molecule has 1 N–H and O–H groups in total. The Hall–Kier alpha value is 0.900. The van der Waals surface area contributed by atoms with Crippen molar-refractivity contribution in [1.29, 1.82) is 0 Å². The molecule has 0 heterocycles. The predicted molar refractivity (Wildman–Crippen MR) is 35.6 cm³/mol. The maximum absolute atomic E-state index is 8.45. The van der Waals surface area contributed by atoms with Crippen LogP contribution in [0.25, 0.3) is 0 Å². The molecule has 0 unspecified atom stereocenters. The molecule has 0 aromatic heterocycles. The van der Waals surface area contributed by atoms with Gasteiger partial charge < -0.3 is 4.89 Å². The van der Waals surface area contributed by atoms with Gasteiger partial charge in [0.05, 0.1) is 6.26 Å². The fourth-order valence-corrected chi connectivity index (χ4v) is 0. The van der Waals surface area contributed by atoms with Crippen LogP contribution in [0, 0.1) is 0 Å². The average Bonchev–Trinajstić information content (AvgIpc) is 0.722. The first kappa shape index (κ1) is 10.0. The molecule has 0 atom stereocenters. The molecule has 0 rings (SSSR count). The van der Waals surface area contributed by atoms with E-state index in [1.165, 1.54) is 0 Å². The quantitative estimate of drug-likeness (QED) is 0.516. The molecule has 0 aliphatic rings. The van der Waals surface area contributed by atoms with E-state index in [1.807, 2.05) is 0 Å². The van der Waals surface area contributed by atoms with Crippen molar-refractivity contribution in [3.8, 4) is 0 Å². The lowest BCUT2D eigenvalue weighted by molar-refractivity contribution is 0.634. The monoisotopic (exact) mass is 146 g/mol. The van der Waals surface area contributed by atoms with E-state index >= 15 is 0 Å². The fraction of sp³-hybridized carbons (Fsp3) is 1.00. The van der Waals surface area contributed by atoms with Crippen LogP contribution in [0.15, 0.2) is 0 Å². The molecule has 1 nitrogen and oxygen atoms in total. The minimum Gasteiger partial charge on any atom is -0.366 e. The Labute approximate surface area is 49.3 Å². The van der Waals surface area contributed by atoms with Crippen molar-refractivity contribution in [2.24, 2.45) is 0 Å². The van der Waals surface area contributed by atoms with Crippen molar-refractivity contribution in [2.75, 3.05) is 13.3 Å². The number of rotatable bonds is 0. The Morgan fingerprint density at radius 1 is 1.50 bits per heavy atom. The third kappa shape index (κ3) is 92.0. The van der Waals surface area contributed by atoms with E-state index in [2.05, 4.69) is 11.8 Å². The molecule has 0 aromatic carbocycles. The second-order valence-corrected chi connectivity index (χ2v) is 6.56. The van der Waals surface area contributed by atoms with Crippen molar-refractivity contribution in [3.05, 3.63) is 0 Å². The lowest BCUT2D eigenvalue weighted by Crippen LogP contribution is -1.62. The highest BCUT2D eigenvalue weighted by molar-refractivity contribution is 8.11. The summed E-state index contributed by atoms with van der Waals surface area (Å²) in [6, 6.07) is 0. The summed E-state index contributed by atoms with van der Waals surface area (Å²) in [4.78, 5) is 8.45. The fourth-order valence-electron chi connectivity index (χ4n) is 0. The minimum absolute atomic E-state index is 0. The molecule has 0 bridgehead atoms. The number of hydrogen-bond acceptors (Lipinski definition) is 1. The Balaban J connectivity index is 0. The normalized spacial score (nSPS) is 9.83. The zero-order chi connectivity index (χ0) is 4.50. The van der Waals surface area contributed by atoms with Crippen LogP contribution in [0.2, 0.25) is 0 Å². The lowest BCUT2D eigenvalue weighted by atomic mass is 11.9. The van der Waals surface area contributed by atoms with Gasteiger partial charge in [-0.15, -0.1) is 12.4 Å². The Bertz CT molecular complexity index is 59.7. The van der Waals surface area contributed by atoms with Crippen LogP contribution in [0.1, 0.15) is 0 Å². The first-order valence-electron chi connectivity index (χ1n) is 1.28. The van der Waals surface area contributed by atoms with Crippen LogP contribution >= 0.6 is 18.7 Å². The maximum Gasteiger partial charge on any atom is 0.0578 e. The van der Waals surface area contributed by atoms with Crippen molar-refractivity contribution in [2.45, 2.75) is 0 Å². The highest BCUT2D eigenvalue weighted by Crippen LogP contribution is 2.28. The molecule has 0 aliphatic carbocycles. The standard InChI is InChI=1S/C2H7OPS.ClH/c1-4(2,3)5;/h1-2H3,(H,3,5);1H. The summed E-state index contributed by atoms with van der Waals surface area (Å²) in [6.45, 7) is 3.34. The highest BCUT2D eigenvalue weighted by Gasteiger charge is 1.85. The Kier molecular flexibility index (Phi) is 4.96. The molecule has 6 heavy (non-hydrogen) atoms. The predicted octanol–water partition coefficient (Wildman–Crippen LogP) is 1.05. The van der Waals surface area contributed by atoms with Gasteiger partial charge in [0.25, 0.3) is 0 Å². The molecule has 0 radical (unpaired) electrons. The summed E-state index contributed by atoms with van der Waals surface area (Å²) >= 11 is 4.49. The Morgan fingerprint density at radius 3 is 1.50 bits per heavy atom. The van der Waals surface area contributed by atoms with Crippen LogP contribution in [0.5, 0.6) is 0 Å². The molecule has 0 amide bonds. The summed E-state index contributed by atoms with van der Waals surface area (Å²) in [5, 5.41) is 0. The third-order valence-corrected chi connectivity index (χ3v) is 0. The van der Waals surface area contributed by atoms with Gasteiger partial charge in [-0.2, -0.15) is 0 Å². The van der Waals surface area contributed by atoms with E-state index in [0.717, 1.165) is 0 Å². The van der Waals surface area contributed by atoms with Crippen LogP contribution < -0.4 is 0 Å². The van der Waals surface area contributed by atoms with E-state index in [4.69, 9.17) is 4.89 Å². The molecular weight excluding hydrogens is 139 g/mol. The SMILES string of the molecule is CP(C)(O)=S.Cl. The molecule has 0 aliphatic heterocycles. The Morgan fingerprint density at radius 2 is 1.50 bits per heavy atom. The summed E-state index contributed by atoms with van der Waals surface area (Å²) in [5.41, 5.74) is 0. The maximum atomic E-state index is 8.45. The van der Waals surface area contributed by atoms with E-state index in [0.29, 0.717) is 0 Å². The molecule has 0 saturated carbocycles. The summed E-state index contributed by atoms with van der Waals surface area (Å²) in [7, 11) is 0. The van der Waals surface area contributed by atoms with Gasteiger partial charge in [-0.25, -0.2) is 0 Å². The van der Waals surface area contributed by atoms with Gasteiger partial charge in [-0.1, -0.05) is 11.8 Å². The molecular formula is C2H8ClOPS. The van der Waals surface area contributed by atoms with E-state index in [-0.39, 0.29) is 12.4 Å². The average molecular weight is 147 g/mol. The first-order valence-corrected chi connectivity index (χ1v) is 4.93. The molecule has 0 aromatic rings. The summed E-state index contributed by atoms with van der Waals surface area (Å²) < 4.78 is 0. The van der Waals surface area contributed by atoms with Gasteiger partial charge in [0, 0.05) is 0 Å². The van der Waals surface area contributed by atoms with Crippen LogP contribution in [-0.4, -0.2) is 18.2 Å². The molecule has 0 spiro atoms. The largest absolute Gasteiger partial charge is 0.366 e. The van der Waals surface area contributed by atoms with Crippen molar-refractivity contribution in [3.63, 3.8) is 0 Å². The highest BCUT2D eigenvalue weighted by atomic mass is 35.5. The third-order valence-electron chi connectivity index (χ3n) is 0. The number of hydrogen-bond donors (Lipinski definition) is 1. The van der Waals surface area contributed by atoms with Crippen LogP contribution in [0.4, 0.5) is 0 Å². The van der Waals surface area contributed by atoms with E-state index < -0.39 is 6.26 Å². The van der Waals surface area contributed by atoms with E-state index in [9.17, 15) is 0 Å². The van der Waals surface area contributed by atoms with Gasteiger partial charge in [-0.05, 0) is 13.3 Å². The van der Waals surface area contributed by atoms with Gasteiger partial charge in [0.1, 0.15) is 0 Å². The van der Waals surface area contributed by atoms with Gasteiger partial charge >= 0.3 is 0 Å². The summed E-state index contributed by atoms with van der Waals surface area (Å²) in [5.74, 6) is 0. The van der Waals surface area contributed by atoms with Crippen molar-refractivity contribution < 1.29 is 4.89 Å². The minimum atomic E-state index is -1.81. The molecule has 0 fully saturated rings. The van der Waals surface area contributed by atoms with Gasteiger partial charge in [0.15, 0.2) is 0 Å². The van der Waals surface area contributed by atoms with Crippen molar-refractivity contribution >= 4 is 30.5 Å². The smallest absolute Gasteiger partial charge is 0.0578 e.